The van der Waals surface area contributed by atoms with Crippen molar-refractivity contribution in [3.63, 3.8) is 0 Å². The summed E-state index contributed by atoms with van der Waals surface area (Å²) in [5, 5.41) is 3.29. The van der Waals surface area contributed by atoms with Crippen LogP contribution in [0.1, 0.15) is 0 Å². The molecule has 0 amide bonds. The lowest BCUT2D eigenvalue weighted by molar-refractivity contribution is 0.640. The van der Waals surface area contributed by atoms with Gasteiger partial charge >= 0.3 is 0 Å². The maximum absolute atomic E-state index is 3.29. The lowest BCUT2D eigenvalue weighted by Gasteiger charge is -2.28. The summed E-state index contributed by atoms with van der Waals surface area (Å²) in [5.41, 5.74) is 1.29. The summed E-state index contributed by atoms with van der Waals surface area (Å²) in [6.45, 7) is 5.32. The minimum absolute atomic E-state index is 0.981. The van der Waals surface area contributed by atoms with E-state index in [4.69, 9.17) is 0 Å². The van der Waals surface area contributed by atoms with Gasteiger partial charge in [0.05, 0.1) is 6.54 Å². The van der Waals surface area contributed by atoms with Crippen LogP contribution in [0.25, 0.3) is 0 Å². The van der Waals surface area contributed by atoms with Crippen molar-refractivity contribution < 1.29 is 0 Å². The quantitative estimate of drug-likeness (QED) is 0.667. The first-order valence-electron chi connectivity index (χ1n) is 4.32. The van der Waals surface area contributed by atoms with E-state index in [1.165, 1.54) is 5.69 Å². The third kappa shape index (κ3) is 1.59. The summed E-state index contributed by atoms with van der Waals surface area (Å²) >= 11 is 0. The molecule has 2 rings (SSSR count). The number of para-hydroxylation sites is 1. The topological polar surface area (TPSA) is 15.3 Å². The summed E-state index contributed by atoms with van der Waals surface area (Å²) in [6.07, 6.45) is 0. The molecule has 12 heavy (non-hydrogen) atoms. The van der Waals surface area contributed by atoms with Crippen LogP contribution >= 0.6 is 0 Å². The van der Waals surface area contributed by atoms with Gasteiger partial charge in [-0.05, 0) is 12.1 Å². The molecule has 1 aromatic carbocycles. The molecule has 2 nitrogen and oxygen atoms in total. The average molecular weight is 161 g/mol. The molecule has 0 bridgehead atoms. The molecular formula is C10H13N2. The summed E-state index contributed by atoms with van der Waals surface area (Å²) in [5.74, 6) is 0. The maximum Gasteiger partial charge on any atom is 0.0630 e. The van der Waals surface area contributed by atoms with Crippen LogP contribution in [0, 0.1) is 6.54 Å². The predicted octanol–water partition coefficient (Wildman–Crippen LogP) is 1.26. The fourth-order valence-electron chi connectivity index (χ4n) is 1.42. The number of piperazine rings is 1. The first kappa shape index (κ1) is 7.62. The van der Waals surface area contributed by atoms with Crippen LogP contribution in [-0.4, -0.2) is 19.6 Å². The zero-order chi connectivity index (χ0) is 8.23. The fraction of sp³-hybridized carbons (Fsp3) is 0.300. The summed E-state index contributed by atoms with van der Waals surface area (Å²) < 4.78 is 0. The Morgan fingerprint density at radius 1 is 1.17 bits per heavy atom. The minimum atomic E-state index is 0.981. The van der Waals surface area contributed by atoms with E-state index in [9.17, 15) is 0 Å². The second-order valence-electron chi connectivity index (χ2n) is 2.92. The van der Waals surface area contributed by atoms with E-state index >= 15 is 0 Å². The van der Waals surface area contributed by atoms with E-state index in [2.05, 4.69) is 41.0 Å². The molecular weight excluding hydrogens is 148 g/mol. The number of nitrogens with one attached hydrogen (secondary N) is 1. The Bertz CT molecular complexity index is 227. The second-order valence-corrected chi connectivity index (χ2v) is 2.92. The molecule has 1 saturated heterocycles. The number of nitrogens with zero attached hydrogens (tertiary/aromatic N) is 1. The van der Waals surface area contributed by atoms with Gasteiger partial charge in [0.25, 0.3) is 0 Å². The van der Waals surface area contributed by atoms with Gasteiger partial charge in [-0.2, -0.15) is 0 Å². The largest absolute Gasteiger partial charge is 0.364 e. The Balaban J connectivity index is 2.08. The molecule has 1 N–H and O–H groups in total. The van der Waals surface area contributed by atoms with E-state index in [0.29, 0.717) is 0 Å². The van der Waals surface area contributed by atoms with E-state index < -0.39 is 0 Å². The summed E-state index contributed by atoms with van der Waals surface area (Å²) in [6, 6.07) is 10.5. The molecule has 1 aliphatic rings. The Morgan fingerprint density at radius 3 is 2.67 bits per heavy atom. The lowest BCUT2D eigenvalue weighted by atomic mass is 10.2. The van der Waals surface area contributed by atoms with E-state index in [1.54, 1.807) is 0 Å². The SMILES string of the molecule is [CH]1CNCCN1c1ccccc1. The fourth-order valence-corrected chi connectivity index (χ4v) is 1.42. The van der Waals surface area contributed by atoms with Gasteiger partial charge in [0, 0.05) is 25.3 Å². The van der Waals surface area contributed by atoms with Crippen LogP contribution in [0.2, 0.25) is 0 Å². The monoisotopic (exact) mass is 161 g/mol. The van der Waals surface area contributed by atoms with Crippen LogP contribution in [-0.2, 0) is 0 Å². The lowest BCUT2D eigenvalue weighted by Crippen LogP contribution is -2.39. The van der Waals surface area contributed by atoms with Crippen molar-refractivity contribution in [2.45, 2.75) is 0 Å². The normalized spacial score (nSPS) is 17.8. The highest BCUT2D eigenvalue weighted by molar-refractivity contribution is 5.48. The molecule has 1 fully saturated rings. The van der Waals surface area contributed by atoms with Crippen molar-refractivity contribution in [3.05, 3.63) is 36.9 Å². The molecule has 1 radical (unpaired) electrons. The number of hydrogen-bond donors (Lipinski definition) is 1. The van der Waals surface area contributed by atoms with Crippen molar-refractivity contribution in [1.82, 2.24) is 5.32 Å². The van der Waals surface area contributed by atoms with Crippen LogP contribution in [0.15, 0.2) is 30.3 Å². The molecule has 0 aliphatic carbocycles. The standard InChI is InChI=1S/C10H13N2/c1-2-4-10(5-3-1)12-8-6-11-7-9-12/h1-5,8,11H,6-7,9H2. The Labute approximate surface area is 73.2 Å². The molecule has 0 spiro atoms. The van der Waals surface area contributed by atoms with Crippen LogP contribution < -0.4 is 10.2 Å². The van der Waals surface area contributed by atoms with Gasteiger partial charge in [-0.1, -0.05) is 18.2 Å². The maximum atomic E-state index is 3.29. The van der Waals surface area contributed by atoms with Crippen molar-refractivity contribution in [2.24, 2.45) is 0 Å². The molecule has 0 atom stereocenters. The van der Waals surface area contributed by atoms with Crippen molar-refractivity contribution in [3.8, 4) is 0 Å². The van der Waals surface area contributed by atoms with E-state index in [0.717, 1.165) is 19.6 Å². The van der Waals surface area contributed by atoms with E-state index in [1.807, 2.05) is 6.07 Å². The smallest absolute Gasteiger partial charge is 0.0630 e. The predicted molar refractivity (Wildman–Crippen MR) is 51.0 cm³/mol. The van der Waals surface area contributed by atoms with Gasteiger partial charge in [-0.3, -0.25) is 0 Å². The van der Waals surface area contributed by atoms with Crippen LogP contribution in [0.5, 0.6) is 0 Å². The zero-order valence-corrected chi connectivity index (χ0v) is 7.03. The molecule has 1 aliphatic heterocycles. The van der Waals surface area contributed by atoms with Gasteiger partial charge in [0.15, 0.2) is 0 Å². The number of rotatable bonds is 1. The molecule has 0 saturated carbocycles. The summed E-state index contributed by atoms with van der Waals surface area (Å²) in [4.78, 5) is 2.29. The summed E-state index contributed by atoms with van der Waals surface area (Å²) in [7, 11) is 0. The average Bonchev–Trinajstić information content (AvgIpc) is 2.21. The highest BCUT2D eigenvalue weighted by Crippen LogP contribution is 2.14. The molecule has 0 unspecified atom stereocenters. The highest BCUT2D eigenvalue weighted by Gasteiger charge is 2.09. The van der Waals surface area contributed by atoms with Gasteiger partial charge < -0.3 is 10.2 Å². The first-order valence-corrected chi connectivity index (χ1v) is 4.32. The van der Waals surface area contributed by atoms with Crippen molar-refractivity contribution in [1.29, 1.82) is 0 Å². The van der Waals surface area contributed by atoms with Crippen LogP contribution in [0.4, 0.5) is 5.69 Å². The third-order valence-corrected chi connectivity index (χ3v) is 2.07. The van der Waals surface area contributed by atoms with Gasteiger partial charge in [0.2, 0.25) is 0 Å². The molecule has 1 aromatic rings. The Kier molecular flexibility index (Phi) is 2.28. The van der Waals surface area contributed by atoms with Crippen LogP contribution in [0.3, 0.4) is 0 Å². The van der Waals surface area contributed by atoms with E-state index in [-0.39, 0.29) is 0 Å². The van der Waals surface area contributed by atoms with Gasteiger partial charge in [0.1, 0.15) is 0 Å². The highest BCUT2D eigenvalue weighted by atomic mass is 15.2. The molecule has 63 valence electrons. The zero-order valence-electron chi connectivity index (χ0n) is 7.03. The van der Waals surface area contributed by atoms with Gasteiger partial charge in [-0.15, -0.1) is 0 Å². The third-order valence-electron chi connectivity index (χ3n) is 2.07. The molecule has 0 aromatic heterocycles. The second kappa shape index (κ2) is 3.59. The number of benzene rings is 1. The number of hydrogen-bond acceptors (Lipinski definition) is 2. The van der Waals surface area contributed by atoms with Crippen molar-refractivity contribution >= 4 is 5.69 Å². The minimum Gasteiger partial charge on any atom is -0.364 e. The Hall–Kier alpha value is -1.02. The van der Waals surface area contributed by atoms with Crippen molar-refractivity contribution in [2.75, 3.05) is 24.5 Å². The molecule has 2 heteroatoms. The molecule has 1 heterocycles. The number of anilines is 1. The van der Waals surface area contributed by atoms with Gasteiger partial charge in [-0.25, -0.2) is 0 Å². The Morgan fingerprint density at radius 2 is 2.00 bits per heavy atom. The first-order chi connectivity index (χ1) is 5.97.